The molecule has 0 rings (SSSR count). The average Bonchev–Trinajstić information content (AvgIpc) is 3.30. The van der Waals surface area contributed by atoms with Crippen molar-refractivity contribution in [3.63, 3.8) is 0 Å². The van der Waals surface area contributed by atoms with E-state index in [1.165, 1.54) is 141 Å². The number of hydrogen-bond donors (Lipinski definition) is 0. The van der Waals surface area contributed by atoms with Crippen molar-refractivity contribution in [1.82, 2.24) is 0 Å². The standard InChI is InChI=1S/C59H102O6/c1-4-7-10-13-16-19-22-25-27-28-29-30-32-34-37-40-43-46-49-52-58(61)64-55-56(54-63-57(60)51-48-45-42-39-36-33-24-21-18-15-12-9-6-3)65-59(62)53-50-47-44-41-38-35-31-26-23-20-17-14-11-8-5-2/h9,12,15-16,18-25,56H,4-8,10-11,13-14,17,26-55H2,1-3H3/b12-9-,18-15-,19-16-,23-20-,24-21-,25-22-. The summed E-state index contributed by atoms with van der Waals surface area (Å²) in [5.74, 6) is -0.909. The van der Waals surface area contributed by atoms with E-state index in [0.717, 1.165) is 83.5 Å². The molecule has 0 aromatic carbocycles. The maximum atomic E-state index is 12.8. The summed E-state index contributed by atoms with van der Waals surface area (Å²) < 4.78 is 16.8. The Labute approximate surface area is 402 Å². The van der Waals surface area contributed by atoms with E-state index < -0.39 is 6.10 Å². The predicted octanol–water partition coefficient (Wildman–Crippen LogP) is 18.2. The van der Waals surface area contributed by atoms with Gasteiger partial charge in [-0.15, -0.1) is 0 Å². The highest BCUT2D eigenvalue weighted by Gasteiger charge is 2.19. The Hall–Kier alpha value is -3.15. The number of hydrogen-bond acceptors (Lipinski definition) is 6. The van der Waals surface area contributed by atoms with Gasteiger partial charge in [-0.3, -0.25) is 14.4 Å². The molecule has 0 radical (unpaired) electrons. The second-order valence-corrected chi connectivity index (χ2v) is 18.2. The Morgan fingerprint density at radius 1 is 0.323 bits per heavy atom. The molecule has 0 amide bonds. The van der Waals surface area contributed by atoms with Crippen LogP contribution >= 0.6 is 0 Å². The van der Waals surface area contributed by atoms with Gasteiger partial charge in [-0.2, -0.15) is 0 Å². The molecule has 0 aliphatic heterocycles. The maximum Gasteiger partial charge on any atom is 0.306 e. The van der Waals surface area contributed by atoms with Crippen LogP contribution in [0.15, 0.2) is 72.9 Å². The lowest BCUT2D eigenvalue weighted by Gasteiger charge is -2.18. The van der Waals surface area contributed by atoms with Crippen LogP contribution in [-0.2, 0) is 28.6 Å². The van der Waals surface area contributed by atoms with Crippen LogP contribution in [0.1, 0.15) is 265 Å². The fraction of sp³-hybridized carbons (Fsp3) is 0.746. The molecule has 0 heterocycles. The number of carbonyl (C=O) groups excluding carboxylic acids is 3. The largest absolute Gasteiger partial charge is 0.462 e. The Bertz CT molecular complexity index is 1230. The Morgan fingerprint density at radius 2 is 0.615 bits per heavy atom. The predicted molar refractivity (Wildman–Crippen MR) is 279 cm³/mol. The molecule has 0 aromatic heterocycles. The number of esters is 3. The molecule has 0 saturated carbocycles. The minimum Gasteiger partial charge on any atom is -0.462 e. The molecule has 0 saturated heterocycles. The quantitative estimate of drug-likeness (QED) is 0.0199. The first-order chi connectivity index (χ1) is 32.0. The van der Waals surface area contributed by atoms with Gasteiger partial charge in [-0.05, 0) is 89.9 Å². The van der Waals surface area contributed by atoms with E-state index in [-0.39, 0.29) is 31.1 Å². The van der Waals surface area contributed by atoms with Gasteiger partial charge in [0.1, 0.15) is 13.2 Å². The summed E-state index contributed by atoms with van der Waals surface area (Å²) in [5.41, 5.74) is 0. The van der Waals surface area contributed by atoms with Crippen LogP contribution in [-0.4, -0.2) is 37.2 Å². The van der Waals surface area contributed by atoms with Gasteiger partial charge in [-0.25, -0.2) is 0 Å². The van der Waals surface area contributed by atoms with Gasteiger partial charge in [0.2, 0.25) is 0 Å². The third kappa shape index (κ3) is 51.7. The van der Waals surface area contributed by atoms with E-state index in [1.54, 1.807) is 0 Å². The zero-order valence-corrected chi connectivity index (χ0v) is 42.7. The smallest absolute Gasteiger partial charge is 0.306 e. The summed E-state index contributed by atoms with van der Waals surface area (Å²) in [6.07, 6.45) is 67.4. The maximum absolute atomic E-state index is 12.8. The van der Waals surface area contributed by atoms with E-state index in [0.29, 0.717) is 19.3 Å². The number of ether oxygens (including phenoxy) is 3. The summed E-state index contributed by atoms with van der Waals surface area (Å²) >= 11 is 0. The minimum absolute atomic E-state index is 0.0853. The molecule has 0 aromatic rings. The van der Waals surface area contributed by atoms with Crippen molar-refractivity contribution in [3.05, 3.63) is 72.9 Å². The monoisotopic (exact) mass is 907 g/mol. The van der Waals surface area contributed by atoms with Crippen molar-refractivity contribution in [2.45, 2.75) is 271 Å². The topological polar surface area (TPSA) is 78.9 Å². The molecule has 374 valence electrons. The van der Waals surface area contributed by atoms with Crippen molar-refractivity contribution < 1.29 is 28.6 Å². The summed E-state index contributed by atoms with van der Waals surface area (Å²) in [6, 6.07) is 0. The van der Waals surface area contributed by atoms with Crippen molar-refractivity contribution in [3.8, 4) is 0 Å². The van der Waals surface area contributed by atoms with Crippen LogP contribution in [0.5, 0.6) is 0 Å². The van der Waals surface area contributed by atoms with Gasteiger partial charge in [0, 0.05) is 19.3 Å². The van der Waals surface area contributed by atoms with E-state index in [9.17, 15) is 14.4 Å². The molecule has 1 unspecified atom stereocenters. The Balaban J connectivity index is 4.38. The number of carbonyl (C=O) groups is 3. The second-order valence-electron chi connectivity index (χ2n) is 18.2. The fourth-order valence-corrected chi connectivity index (χ4v) is 7.60. The molecule has 0 N–H and O–H groups in total. The lowest BCUT2D eigenvalue weighted by molar-refractivity contribution is -0.167. The van der Waals surface area contributed by atoms with E-state index >= 15 is 0 Å². The minimum atomic E-state index is -0.787. The van der Waals surface area contributed by atoms with Gasteiger partial charge in [0.25, 0.3) is 0 Å². The first-order valence-electron chi connectivity index (χ1n) is 27.5. The van der Waals surface area contributed by atoms with Gasteiger partial charge in [0.05, 0.1) is 0 Å². The molecule has 0 spiro atoms. The van der Waals surface area contributed by atoms with Crippen LogP contribution in [0.3, 0.4) is 0 Å². The number of allylic oxidation sites excluding steroid dienone is 12. The zero-order chi connectivity index (χ0) is 47.2. The van der Waals surface area contributed by atoms with Crippen molar-refractivity contribution in [2.75, 3.05) is 13.2 Å². The van der Waals surface area contributed by atoms with E-state index in [1.807, 2.05) is 0 Å². The van der Waals surface area contributed by atoms with Crippen LogP contribution < -0.4 is 0 Å². The van der Waals surface area contributed by atoms with Crippen LogP contribution in [0.4, 0.5) is 0 Å². The second kappa shape index (κ2) is 53.5. The SMILES string of the molecule is CC\C=C/C=C\C=C/CCCCCCCC(=O)OCC(COC(=O)CCCCCCCCCCCC/C=C\C=C/CCCCC)OC(=O)CCCCCCCCC/C=C\CCCCCC. The van der Waals surface area contributed by atoms with Gasteiger partial charge in [-0.1, -0.05) is 229 Å². The van der Waals surface area contributed by atoms with Gasteiger partial charge in [0.15, 0.2) is 6.10 Å². The van der Waals surface area contributed by atoms with E-state index in [2.05, 4.69) is 93.7 Å². The molecule has 0 bridgehead atoms. The number of unbranched alkanes of at least 4 members (excludes halogenated alkanes) is 29. The normalized spacial score (nSPS) is 12.6. The summed E-state index contributed by atoms with van der Waals surface area (Å²) in [6.45, 7) is 6.45. The molecule has 0 aliphatic rings. The molecular formula is C59H102O6. The van der Waals surface area contributed by atoms with E-state index in [4.69, 9.17) is 14.2 Å². The van der Waals surface area contributed by atoms with Crippen molar-refractivity contribution >= 4 is 17.9 Å². The summed E-state index contributed by atoms with van der Waals surface area (Å²) in [7, 11) is 0. The highest BCUT2D eigenvalue weighted by Crippen LogP contribution is 2.15. The molecule has 6 nitrogen and oxygen atoms in total. The van der Waals surface area contributed by atoms with Gasteiger partial charge >= 0.3 is 17.9 Å². The first kappa shape index (κ1) is 61.9. The summed E-state index contributed by atoms with van der Waals surface area (Å²) in [5, 5.41) is 0. The first-order valence-corrected chi connectivity index (χ1v) is 27.5. The molecular weight excluding hydrogens is 805 g/mol. The third-order valence-electron chi connectivity index (χ3n) is 11.8. The Morgan fingerprint density at radius 3 is 1.02 bits per heavy atom. The number of rotatable bonds is 49. The zero-order valence-electron chi connectivity index (χ0n) is 42.7. The lowest BCUT2D eigenvalue weighted by atomic mass is 10.1. The van der Waals surface area contributed by atoms with Crippen molar-refractivity contribution in [2.24, 2.45) is 0 Å². The van der Waals surface area contributed by atoms with Crippen LogP contribution in [0.25, 0.3) is 0 Å². The molecule has 1 atom stereocenters. The lowest BCUT2D eigenvalue weighted by Crippen LogP contribution is -2.30. The molecule has 0 fully saturated rings. The molecule has 0 aliphatic carbocycles. The average molecular weight is 907 g/mol. The summed E-state index contributed by atoms with van der Waals surface area (Å²) in [4.78, 5) is 38.1. The van der Waals surface area contributed by atoms with Crippen LogP contribution in [0, 0.1) is 0 Å². The highest BCUT2D eigenvalue weighted by molar-refractivity contribution is 5.71. The third-order valence-corrected chi connectivity index (χ3v) is 11.8. The van der Waals surface area contributed by atoms with Crippen molar-refractivity contribution in [1.29, 1.82) is 0 Å². The van der Waals surface area contributed by atoms with Gasteiger partial charge < -0.3 is 14.2 Å². The molecule has 65 heavy (non-hydrogen) atoms. The fourth-order valence-electron chi connectivity index (χ4n) is 7.60. The highest BCUT2D eigenvalue weighted by atomic mass is 16.6. The van der Waals surface area contributed by atoms with Crippen LogP contribution in [0.2, 0.25) is 0 Å². The molecule has 6 heteroatoms. The Kier molecular flexibility index (Phi) is 50.9.